The minimum absolute atomic E-state index is 0.556. The van der Waals surface area contributed by atoms with Crippen LogP contribution in [-0.4, -0.2) is 41.1 Å². The molecule has 1 aliphatic rings. The molecule has 0 amide bonds. The van der Waals surface area contributed by atoms with Gasteiger partial charge in [0.1, 0.15) is 5.54 Å². The van der Waals surface area contributed by atoms with Crippen LogP contribution in [0.25, 0.3) is 0 Å². The van der Waals surface area contributed by atoms with E-state index < -0.39 is 11.5 Å². The number of hydrogen-bond acceptors (Lipinski definition) is 3. The molecule has 4 heteroatoms. The Morgan fingerprint density at radius 3 is 2.60 bits per heavy atom. The van der Waals surface area contributed by atoms with Gasteiger partial charge in [0.25, 0.3) is 0 Å². The lowest BCUT2D eigenvalue weighted by Crippen LogP contribution is -2.44. The standard InChI is InChI=1S/C11H22N2O2/c1-11(12,10(14)15)7-3-4-8-13(2)9-5-6-9/h9H,3-8,12H2,1-2H3,(H,14,15). The second-order valence-electron chi connectivity index (χ2n) is 4.89. The second kappa shape index (κ2) is 4.94. The highest BCUT2D eigenvalue weighted by Crippen LogP contribution is 2.25. The van der Waals surface area contributed by atoms with Crippen molar-refractivity contribution >= 4 is 5.97 Å². The van der Waals surface area contributed by atoms with Crippen molar-refractivity contribution in [1.82, 2.24) is 4.90 Å². The third kappa shape index (κ3) is 4.18. The van der Waals surface area contributed by atoms with E-state index in [-0.39, 0.29) is 0 Å². The Bertz CT molecular complexity index is 225. The minimum Gasteiger partial charge on any atom is -0.480 e. The highest BCUT2D eigenvalue weighted by Gasteiger charge is 2.28. The fourth-order valence-electron chi connectivity index (χ4n) is 1.66. The zero-order valence-electron chi connectivity index (χ0n) is 9.70. The summed E-state index contributed by atoms with van der Waals surface area (Å²) in [6, 6.07) is 0.786. The maximum absolute atomic E-state index is 10.7. The molecule has 0 aromatic rings. The van der Waals surface area contributed by atoms with Crippen LogP contribution in [0.4, 0.5) is 0 Å². The molecule has 1 unspecified atom stereocenters. The Morgan fingerprint density at radius 1 is 1.53 bits per heavy atom. The highest BCUT2D eigenvalue weighted by molar-refractivity contribution is 5.77. The van der Waals surface area contributed by atoms with Crippen LogP contribution >= 0.6 is 0 Å². The molecule has 0 aromatic heterocycles. The van der Waals surface area contributed by atoms with Crippen molar-refractivity contribution in [3.05, 3.63) is 0 Å². The van der Waals surface area contributed by atoms with Gasteiger partial charge in [0, 0.05) is 6.04 Å². The lowest BCUT2D eigenvalue weighted by atomic mass is 9.96. The van der Waals surface area contributed by atoms with E-state index >= 15 is 0 Å². The summed E-state index contributed by atoms with van der Waals surface area (Å²) < 4.78 is 0. The van der Waals surface area contributed by atoms with Crippen molar-refractivity contribution in [2.75, 3.05) is 13.6 Å². The smallest absolute Gasteiger partial charge is 0.323 e. The van der Waals surface area contributed by atoms with E-state index in [9.17, 15) is 4.79 Å². The van der Waals surface area contributed by atoms with Gasteiger partial charge in [-0.1, -0.05) is 0 Å². The average molecular weight is 214 g/mol. The van der Waals surface area contributed by atoms with Crippen molar-refractivity contribution in [2.24, 2.45) is 5.73 Å². The maximum atomic E-state index is 10.7. The Hall–Kier alpha value is -0.610. The van der Waals surface area contributed by atoms with Crippen LogP contribution in [-0.2, 0) is 4.79 Å². The van der Waals surface area contributed by atoms with E-state index in [0.717, 1.165) is 25.4 Å². The quantitative estimate of drug-likeness (QED) is 0.622. The van der Waals surface area contributed by atoms with Crippen molar-refractivity contribution < 1.29 is 9.90 Å². The highest BCUT2D eigenvalue weighted by atomic mass is 16.4. The summed E-state index contributed by atoms with van der Waals surface area (Å²) in [5.74, 6) is -0.905. The number of rotatable bonds is 7. The molecule has 0 spiro atoms. The van der Waals surface area contributed by atoms with Gasteiger partial charge >= 0.3 is 5.97 Å². The van der Waals surface area contributed by atoms with Crippen LogP contribution in [0.3, 0.4) is 0 Å². The van der Waals surface area contributed by atoms with Crippen LogP contribution < -0.4 is 5.73 Å². The van der Waals surface area contributed by atoms with E-state index in [2.05, 4.69) is 11.9 Å². The first-order valence-corrected chi connectivity index (χ1v) is 5.66. The number of aliphatic carboxylic acids is 1. The first kappa shape index (κ1) is 12.5. The molecule has 15 heavy (non-hydrogen) atoms. The van der Waals surface area contributed by atoms with Crippen molar-refractivity contribution in [3.8, 4) is 0 Å². The predicted octanol–water partition coefficient (Wildman–Crippen LogP) is 1.05. The third-order valence-corrected chi connectivity index (χ3v) is 3.12. The first-order chi connectivity index (χ1) is 6.93. The lowest BCUT2D eigenvalue weighted by Gasteiger charge is -2.20. The molecule has 4 nitrogen and oxygen atoms in total. The molecule has 0 heterocycles. The Morgan fingerprint density at radius 2 is 2.13 bits per heavy atom. The number of carboxylic acids is 1. The summed E-state index contributed by atoms with van der Waals surface area (Å²) in [6.07, 6.45) is 5.12. The SMILES string of the molecule is CN(CCCCC(C)(N)C(=O)O)C1CC1. The van der Waals surface area contributed by atoms with Gasteiger partial charge in [-0.05, 0) is 52.6 Å². The summed E-state index contributed by atoms with van der Waals surface area (Å²) in [4.78, 5) is 13.1. The molecule has 0 bridgehead atoms. The van der Waals surface area contributed by atoms with Crippen LogP contribution in [0.5, 0.6) is 0 Å². The molecule has 3 N–H and O–H groups in total. The number of nitrogens with zero attached hydrogens (tertiary/aromatic N) is 1. The van der Waals surface area contributed by atoms with Crippen molar-refractivity contribution in [1.29, 1.82) is 0 Å². The lowest BCUT2D eigenvalue weighted by molar-refractivity contribution is -0.142. The minimum atomic E-state index is -1.06. The molecule has 1 atom stereocenters. The average Bonchev–Trinajstić information content (AvgIpc) is 2.94. The van der Waals surface area contributed by atoms with Crippen molar-refractivity contribution in [3.63, 3.8) is 0 Å². The summed E-state index contributed by atoms with van der Waals surface area (Å²) in [5.41, 5.74) is 4.58. The van der Waals surface area contributed by atoms with E-state index in [1.165, 1.54) is 12.8 Å². The summed E-state index contributed by atoms with van der Waals surface area (Å²) in [7, 11) is 2.14. The molecule has 1 saturated carbocycles. The largest absolute Gasteiger partial charge is 0.480 e. The second-order valence-corrected chi connectivity index (χ2v) is 4.89. The number of carboxylic acid groups (broad SMARTS) is 1. The van der Waals surface area contributed by atoms with Crippen LogP contribution in [0.1, 0.15) is 39.0 Å². The first-order valence-electron chi connectivity index (χ1n) is 5.66. The normalized spacial score (nSPS) is 20.3. The fraction of sp³-hybridized carbons (Fsp3) is 0.909. The van der Waals surface area contributed by atoms with Gasteiger partial charge in [0.2, 0.25) is 0 Å². The number of hydrogen-bond donors (Lipinski definition) is 2. The molecule has 0 radical (unpaired) electrons. The Balaban J connectivity index is 2.07. The van der Waals surface area contributed by atoms with Crippen LogP contribution in [0, 0.1) is 0 Å². The number of nitrogens with two attached hydrogens (primary N) is 1. The van der Waals surface area contributed by atoms with Crippen molar-refractivity contribution in [2.45, 2.75) is 50.6 Å². The molecule has 1 rings (SSSR count). The molecule has 1 aliphatic carbocycles. The summed E-state index contributed by atoms with van der Waals surface area (Å²) in [5, 5.41) is 8.81. The molecule has 88 valence electrons. The molecule has 0 aromatic carbocycles. The maximum Gasteiger partial charge on any atom is 0.323 e. The van der Waals surface area contributed by atoms with Gasteiger partial charge in [-0.3, -0.25) is 4.79 Å². The van der Waals surface area contributed by atoms with Gasteiger partial charge < -0.3 is 15.7 Å². The zero-order chi connectivity index (χ0) is 11.5. The molecule has 0 aliphatic heterocycles. The van der Waals surface area contributed by atoms with E-state index in [1.807, 2.05) is 0 Å². The monoisotopic (exact) mass is 214 g/mol. The number of unbranched alkanes of at least 4 members (excludes halogenated alkanes) is 1. The predicted molar refractivity (Wildman–Crippen MR) is 59.7 cm³/mol. The van der Waals surface area contributed by atoms with Crippen LogP contribution in [0.15, 0.2) is 0 Å². The molecular formula is C11H22N2O2. The summed E-state index contributed by atoms with van der Waals surface area (Å²) >= 11 is 0. The van der Waals surface area contributed by atoms with Gasteiger partial charge in [0.15, 0.2) is 0 Å². The van der Waals surface area contributed by atoms with Crippen LogP contribution in [0.2, 0.25) is 0 Å². The molecule has 0 saturated heterocycles. The van der Waals surface area contributed by atoms with E-state index in [0.29, 0.717) is 6.42 Å². The molecular weight excluding hydrogens is 192 g/mol. The topological polar surface area (TPSA) is 66.6 Å². The van der Waals surface area contributed by atoms with Gasteiger partial charge in [-0.25, -0.2) is 0 Å². The van der Waals surface area contributed by atoms with Gasteiger partial charge in [-0.15, -0.1) is 0 Å². The zero-order valence-corrected chi connectivity index (χ0v) is 9.70. The Kier molecular flexibility index (Phi) is 4.11. The summed E-state index contributed by atoms with van der Waals surface area (Å²) in [6.45, 7) is 2.64. The van der Waals surface area contributed by atoms with Gasteiger partial charge in [0.05, 0.1) is 0 Å². The van der Waals surface area contributed by atoms with E-state index in [4.69, 9.17) is 10.8 Å². The third-order valence-electron chi connectivity index (χ3n) is 3.12. The molecule has 1 fully saturated rings. The fourth-order valence-corrected chi connectivity index (χ4v) is 1.66. The number of carbonyl (C=O) groups is 1. The van der Waals surface area contributed by atoms with Gasteiger partial charge in [-0.2, -0.15) is 0 Å². The van der Waals surface area contributed by atoms with E-state index in [1.54, 1.807) is 6.92 Å². The Labute approximate surface area is 91.4 Å².